The molecule has 2 heterocycles. The second-order valence-corrected chi connectivity index (χ2v) is 10.0. The highest BCUT2D eigenvalue weighted by atomic mass is 16.4. The van der Waals surface area contributed by atoms with E-state index >= 15 is 0 Å². The molecule has 9 heteroatoms. The molecule has 0 aromatic heterocycles. The molecular weight excluding hydrogens is 460 g/mol. The number of anilines is 2. The first kappa shape index (κ1) is 25.7. The van der Waals surface area contributed by atoms with Gasteiger partial charge in [0, 0.05) is 36.1 Å². The molecule has 0 radical (unpaired) electrons. The summed E-state index contributed by atoms with van der Waals surface area (Å²) in [5, 5.41) is 29.4. The maximum atomic E-state index is 12.7. The van der Waals surface area contributed by atoms with Crippen LogP contribution in [-0.4, -0.2) is 54.4 Å². The lowest BCUT2D eigenvalue weighted by molar-refractivity contribution is -0.638. The molecule has 2 aliphatic rings. The first-order valence-corrected chi connectivity index (χ1v) is 12.7. The number of urea groups is 1. The van der Waals surface area contributed by atoms with Crippen molar-refractivity contribution >= 4 is 29.3 Å². The highest BCUT2D eigenvalue weighted by Gasteiger charge is 2.34. The number of carboxylic acids is 2. The van der Waals surface area contributed by atoms with Gasteiger partial charge >= 0.3 is 18.0 Å². The summed E-state index contributed by atoms with van der Waals surface area (Å²) in [6.45, 7) is 3.60. The third kappa shape index (κ3) is 6.83. The van der Waals surface area contributed by atoms with E-state index in [0.29, 0.717) is 24.2 Å². The summed E-state index contributed by atoms with van der Waals surface area (Å²) >= 11 is 0. The summed E-state index contributed by atoms with van der Waals surface area (Å²) < 4.78 is 0. The monoisotopic (exact) mass is 496 g/mol. The van der Waals surface area contributed by atoms with Gasteiger partial charge in [0.1, 0.15) is 0 Å². The number of carbonyl (C=O) groups excluding carboxylic acids is 1. The van der Waals surface area contributed by atoms with E-state index < -0.39 is 29.8 Å². The molecule has 2 aromatic carbocycles. The van der Waals surface area contributed by atoms with Crippen LogP contribution < -0.4 is 21.3 Å². The number of carbonyl (C=O) groups is 3. The maximum Gasteiger partial charge on any atom is 0.323 e. The normalized spacial score (nSPS) is 21.0. The summed E-state index contributed by atoms with van der Waals surface area (Å²) in [4.78, 5) is 36.3. The molecule has 4 rings (SSSR count). The molecule has 2 aliphatic heterocycles. The quantitative estimate of drug-likeness (QED) is 0.290. The molecule has 0 saturated carbocycles. The Hall–Kier alpha value is -3.43. The Bertz CT molecular complexity index is 996. The number of hydrogen-bond acceptors (Lipinski definition) is 3. The van der Waals surface area contributed by atoms with E-state index in [9.17, 15) is 24.6 Å². The molecule has 2 aromatic rings. The van der Waals surface area contributed by atoms with Crippen molar-refractivity contribution in [3.05, 3.63) is 59.7 Å². The average molecular weight is 497 g/mol. The highest BCUT2D eigenvalue weighted by molar-refractivity contribution is 5.99. The van der Waals surface area contributed by atoms with Gasteiger partial charge in [0.05, 0.1) is 38.0 Å². The number of quaternary nitrogens is 2. The van der Waals surface area contributed by atoms with Gasteiger partial charge in [-0.05, 0) is 48.2 Å². The van der Waals surface area contributed by atoms with E-state index in [1.807, 2.05) is 36.4 Å². The Morgan fingerprint density at radius 3 is 1.58 bits per heavy atom. The number of amides is 2. The van der Waals surface area contributed by atoms with Crippen LogP contribution in [0.25, 0.3) is 0 Å². The number of aliphatic carboxylic acids is 2. The van der Waals surface area contributed by atoms with Gasteiger partial charge in [0.25, 0.3) is 0 Å². The van der Waals surface area contributed by atoms with Crippen molar-refractivity contribution < 1.29 is 35.2 Å². The number of nitrogens with one attached hydrogen (secondary N) is 2. The molecule has 0 aliphatic carbocycles. The second kappa shape index (κ2) is 12.0. The fourth-order valence-corrected chi connectivity index (χ4v) is 5.56. The summed E-state index contributed by atoms with van der Waals surface area (Å²) in [7, 11) is 0. The van der Waals surface area contributed by atoms with Gasteiger partial charge in [-0.3, -0.25) is 9.59 Å². The van der Waals surface area contributed by atoms with Crippen molar-refractivity contribution in [1.29, 1.82) is 0 Å². The molecule has 36 heavy (non-hydrogen) atoms. The molecule has 2 fully saturated rings. The smallest absolute Gasteiger partial charge is 0.323 e. The largest absolute Gasteiger partial charge is 0.481 e. The zero-order chi connectivity index (χ0) is 25.5. The molecule has 192 valence electrons. The minimum absolute atomic E-state index is 0.155. The van der Waals surface area contributed by atoms with Crippen LogP contribution >= 0.6 is 0 Å². The molecule has 2 saturated heterocycles. The number of benzene rings is 2. The van der Waals surface area contributed by atoms with Crippen LogP contribution in [0.15, 0.2) is 48.5 Å². The lowest BCUT2D eigenvalue weighted by Gasteiger charge is -2.18. The SMILES string of the molecule is O=C(Nc1cccc(C[C@H](C(=O)O)[C@H]2CC[NH2+]C2)c1)Nc1cccc(C[C@H](C(=O)O)[C@H]2CC[NH2+]C2)c1. The van der Waals surface area contributed by atoms with Crippen LogP contribution in [-0.2, 0) is 22.4 Å². The molecule has 0 unspecified atom stereocenters. The van der Waals surface area contributed by atoms with Crippen molar-refractivity contribution in [3.63, 3.8) is 0 Å². The Kier molecular flexibility index (Phi) is 8.56. The van der Waals surface area contributed by atoms with E-state index in [1.54, 1.807) is 12.1 Å². The van der Waals surface area contributed by atoms with Crippen LogP contribution in [0.3, 0.4) is 0 Å². The van der Waals surface area contributed by atoms with E-state index in [1.165, 1.54) is 0 Å². The summed E-state index contributed by atoms with van der Waals surface area (Å²) in [6.07, 6.45) is 2.67. The highest BCUT2D eigenvalue weighted by Crippen LogP contribution is 2.25. The maximum absolute atomic E-state index is 12.7. The Balaban J connectivity index is 1.36. The lowest BCUT2D eigenvalue weighted by Crippen LogP contribution is -2.81. The standard InChI is InChI=1S/C27H34N4O5/c32-25(33)23(19-7-9-28-15-19)13-17-3-1-5-21(11-17)30-27(36)31-22-6-2-4-18(12-22)14-24(26(34)35)20-8-10-29-16-20/h1-6,11-12,19-20,23-24,28-29H,7-10,13-16H2,(H,32,33)(H,34,35)(H2,30,31,36)/p+2/t19-,20-,23-,24-/m0/s1. The second-order valence-electron chi connectivity index (χ2n) is 10.0. The third-order valence-corrected chi connectivity index (χ3v) is 7.48. The summed E-state index contributed by atoms with van der Waals surface area (Å²) in [5.41, 5.74) is 2.93. The van der Waals surface area contributed by atoms with Gasteiger partial charge in [-0.2, -0.15) is 0 Å². The predicted octanol–water partition coefficient (Wildman–Crippen LogP) is 0.984. The van der Waals surface area contributed by atoms with Crippen LogP contribution in [0, 0.1) is 23.7 Å². The van der Waals surface area contributed by atoms with Gasteiger partial charge in [-0.15, -0.1) is 0 Å². The zero-order valence-corrected chi connectivity index (χ0v) is 20.4. The first-order valence-electron chi connectivity index (χ1n) is 12.7. The number of rotatable bonds is 10. The minimum atomic E-state index is -0.775. The van der Waals surface area contributed by atoms with E-state index in [4.69, 9.17) is 0 Å². The molecule has 0 bridgehead atoms. The van der Waals surface area contributed by atoms with Gasteiger partial charge in [0.2, 0.25) is 0 Å². The van der Waals surface area contributed by atoms with Gasteiger partial charge in [-0.25, -0.2) is 4.79 Å². The Labute approximate surface area is 210 Å². The molecule has 4 atom stereocenters. The van der Waals surface area contributed by atoms with Crippen molar-refractivity contribution in [3.8, 4) is 0 Å². The van der Waals surface area contributed by atoms with Gasteiger partial charge in [0.15, 0.2) is 0 Å². The predicted molar refractivity (Wildman–Crippen MR) is 135 cm³/mol. The fraction of sp³-hybridized carbons (Fsp3) is 0.444. The van der Waals surface area contributed by atoms with E-state index in [-0.39, 0.29) is 11.8 Å². The fourth-order valence-electron chi connectivity index (χ4n) is 5.56. The first-order chi connectivity index (χ1) is 17.4. The third-order valence-electron chi connectivity index (χ3n) is 7.48. The Morgan fingerprint density at radius 1 is 0.778 bits per heavy atom. The number of nitrogens with two attached hydrogens (primary N) is 2. The van der Waals surface area contributed by atoms with Crippen LogP contribution in [0.2, 0.25) is 0 Å². The van der Waals surface area contributed by atoms with Gasteiger partial charge < -0.3 is 31.5 Å². The number of hydrogen-bond donors (Lipinski definition) is 6. The average Bonchev–Trinajstić information content (AvgIpc) is 3.56. The van der Waals surface area contributed by atoms with Crippen LogP contribution in [0.1, 0.15) is 24.0 Å². The van der Waals surface area contributed by atoms with Crippen molar-refractivity contribution in [2.45, 2.75) is 25.7 Å². The molecule has 9 nitrogen and oxygen atoms in total. The van der Waals surface area contributed by atoms with Crippen LogP contribution in [0.4, 0.5) is 16.2 Å². The van der Waals surface area contributed by atoms with Gasteiger partial charge in [-0.1, -0.05) is 24.3 Å². The molecule has 0 spiro atoms. The van der Waals surface area contributed by atoms with Crippen molar-refractivity contribution in [2.24, 2.45) is 23.7 Å². The van der Waals surface area contributed by atoms with Crippen molar-refractivity contribution in [2.75, 3.05) is 36.8 Å². The molecular formula is C27H36N4O5+2. The Morgan fingerprint density at radius 2 is 1.22 bits per heavy atom. The van der Waals surface area contributed by atoms with E-state index in [0.717, 1.165) is 50.1 Å². The number of carboxylic acid groups (broad SMARTS) is 2. The molecule has 2 amide bonds. The minimum Gasteiger partial charge on any atom is -0.481 e. The van der Waals surface area contributed by atoms with Crippen LogP contribution in [0.5, 0.6) is 0 Å². The van der Waals surface area contributed by atoms with E-state index in [2.05, 4.69) is 21.3 Å². The van der Waals surface area contributed by atoms with Crippen molar-refractivity contribution in [1.82, 2.24) is 0 Å². The summed E-state index contributed by atoms with van der Waals surface area (Å²) in [6, 6.07) is 14.2. The summed E-state index contributed by atoms with van der Waals surface area (Å²) in [5.74, 6) is -2.12. The molecule has 8 N–H and O–H groups in total. The zero-order valence-electron chi connectivity index (χ0n) is 20.4. The lowest BCUT2D eigenvalue weighted by atomic mass is 9.86. The topological polar surface area (TPSA) is 149 Å².